The molecule has 2 rings (SSSR count). The number of rotatable bonds is 0. The Morgan fingerprint density at radius 2 is 1.38 bits per heavy atom. The molecule has 1 N–H and O–H groups in total. The quantitative estimate of drug-likeness (QED) is 0.578. The second-order valence-corrected chi connectivity index (χ2v) is 5.41. The molecule has 1 saturated heterocycles. The molecule has 0 aromatic rings. The summed E-state index contributed by atoms with van der Waals surface area (Å²) in [4.78, 5) is 0. The molecule has 0 aromatic carbocycles. The minimum atomic E-state index is -0.307. The van der Waals surface area contributed by atoms with Crippen LogP contribution in [0, 0.1) is 10.8 Å². The highest BCUT2D eigenvalue weighted by atomic mass is 16.5. The number of aliphatic hydroxyl groups is 1. The molecule has 0 amide bonds. The van der Waals surface area contributed by atoms with Crippen molar-refractivity contribution in [2.24, 2.45) is 10.8 Å². The molecule has 2 heteroatoms. The Morgan fingerprint density at radius 3 is 1.77 bits per heavy atom. The van der Waals surface area contributed by atoms with Gasteiger partial charge in [-0.25, -0.2) is 0 Å². The van der Waals surface area contributed by atoms with Crippen LogP contribution in [0.4, 0.5) is 0 Å². The van der Waals surface area contributed by atoms with E-state index in [0.29, 0.717) is 0 Å². The zero-order valence-electron chi connectivity index (χ0n) is 8.74. The summed E-state index contributed by atoms with van der Waals surface area (Å²) in [5.41, 5.74) is -0.347. The summed E-state index contributed by atoms with van der Waals surface area (Å²) < 4.78 is 5.83. The smallest absolute Gasteiger partial charge is 0.0840 e. The van der Waals surface area contributed by atoms with Gasteiger partial charge in [0.1, 0.15) is 0 Å². The average Bonchev–Trinajstić information content (AvgIpc) is 2.48. The Bertz CT molecular complexity index is 229. The lowest BCUT2D eigenvalue weighted by Gasteiger charge is -2.50. The summed E-state index contributed by atoms with van der Waals surface area (Å²) in [6, 6.07) is 0. The third kappa shape index (κ3) is 1.02. The Balaban J connectivity index is 2.41. The molecular weight excluding hydrogens is 164 g/mol. The summed E-state index contributed by atoms with van der Waals surface area (Å²) in [6.45, 7) is 8.26. The Morgan fingerprint density at radius 1 is 1.00 bits per heavy atom. The van der Waals surface area contributed by atoms with Crippen LogP contribution in [0.25, 0.3) is 0 Å². The van der Waals surface area contributed by atoms with Crippen LogP contribution in [-0.2, 0) is 4.74 Å². The van der Waals surface area contributed by atoms with Crippen molar-refractivity contribution in [3.05, 3.63) is 12.2 Å². The Hall–Kier alpha value is -0.340. The van der Waals surface area contributed by atoms with Crippen molar-refractivity contribution < 1.29 is 9.84 Å². The molecule has 2 nitrogen and oxygen atoms in total. The van der Waals surface area contributed by atoms with Gasteiger partial charge in [0.25, 0.3) is 0 Å². The van der Waals surface area contributed by atoms with E-state index in [4.69, 9.17) is 4.74 Å². The van der Waals surface area contributed by atoms with E-state index in [1.165, 1.54) is 0 Å². The minimum Gasteiger partial charge on any atom is -0.392 e. The Labute approximate surface area is 79.6 Å². The van der Waals surface area contributed by atoms with Crippen LogP contribution in [0.1, 0.15) is 27.7 Å². The van der Waals surface area contributed by atoms with Crippen LogP contribution in [0.15, 0.2) is 12.2 Å². The van der Waals surface area contributed by atoms with Crippen LogP contribution >= 0.6 is 0 Å². The summed E-state index contributed by atoms with van der Waals surface area (Å²) in [6.07, 6.45) is 4.03. The molecule has 13 heavy (non-hydrogen) atoms. The van der Waals surface area contributed by atoms with Gasteiger partial charge < -0.3 is 9.84 Å². The molecule has 1 unspecified atom stereocenters. The highest BCUT2D eigenvalue weighted by molar-refractivity contribution is 5.18. The highest BCUT2D eigenvalue weighted by Crippen LogP contribution is 2.49. The molecule has 2 aliphatic heterocycles. The zero-order valence-corrected chi connectivity index (χ0v) is 8.74. The molecule has 2 bridgehead atoms. The van der Waals surface area contributed by atoms with Gasteiger partial charge in [-0.2, -0.15) is 0 Å². The maximum atomic E-state index is 10.2. The van der Waals surface area contributed by atoms with Gasteiger partial charge in [0.2, 0.25) is 0 Å². The number of fused-ring (bicyclic) bond motifs is 2. The van der Waals surface area contributed by atoms with Gasteiger partial charge in [0, 0.05) is 10.8 Å². The van der Waals surface area contributed by atoms with E-state index in [9.17, 15) is 5.11 Å². The van der Waals surface area contributed by atoms with Gasteiger partial charge in [-0.15, -0.1) is 0 Å². The van der Waals surface area contributed by atoms with Gasteiger partial charge in [-0.05, 0) is 0 Å². The molecule has 1 fully saturated rings. The fourth-order valence-electron chi connectivity index (χ4n) is 2.57. The first-order valence-electron chi connectivity index (χ1n) is 4.88. The van der Waals surface area contributed by atoms with Crippen LogP contribution in [-0.4, -0.2) is 23.4 Å². The molecule has 0 saturated carbocycles. The van der Waals surface area contributed by atoms with Crippen LogP contribution < -0.4 is 0 Å². The van der Waals surface area contributed by atoms with Gasteiger partial charge in [-0.1, -0.05) is 39.8 Å². The van der Waals surface area contributed by atoms with E-state index in [2.05, 4.69) is 39.8 Å². The monoisotopic (exact) mass is 182 g/mol. The number of ether oxygens (including phenoxy) is 1. The first-order valence-corrected chi connectivity index (χ1v) is 4.88. The summed E-state index contributed by atoms with van der Waals surface area (Å²) in [5.74, 6) is 0. The largest absolute Gasteiger partial charge is 0.392 e. The summed E-state index contributed by atoms with van der Waals surface area (Å²) >= 11 is 0. The van der Waals surface area contributed by atoms with E-state index in [1.807, 2.05) is 0 Å². The second kappa shape index (κ2) is 2.37. The molecule has 74 valence electrons. The van der Waals surface area contributed by atoms with Crippen LogP contribution in [0.3, 0.4) is 0 Å². The third-order valence-corrected chi connectivity index (χ3v) is 3.63. The molecule has 0 aromatic heterocycles. The molecule has 0 radical (unpaired) electrons. The van der Waals surface area contributed by atoms with Crippen molar-refractivity contribution in [1.29, 1.82) is 0 Å². The summed E-state index contributed by atoms with van der Waals surface area (Å²) in [5, 5.41) is 10.2. The number of aliphatic hydroxyl groups excluding tert-OH is 1. The van der Waals surface area contributed by atoms with E-state index < -0.39 is 0 Å². The van der Waals surface area contributed by atoms with E-state index in [-0.39, 0.29) is 29.1 Å². The van der Waals surface area contributed by atoms with Crippen LogP contribution in [0.5, 0.6) is 0 Å². The van der Waals surface area contributed by atoms with Crippen molar-refractivity contribution in [3.63, 3.8) is 0 Å². The zero-order chi connectivity index (χ0) is 9.85. The van der Waals surface area contributed by atoms with Gasteiger partial charge in [-0.3, -0.25) is 0 Å². The van der Waals surface area contributed by atoms with Crippen molar-refractivity contribution in [2.75, 3.05) is 0 Å². The summed E-state index contributed by atoms with van der Waals surface area (Å²) in [7, 11) is 0. The SMILES string of the molecule is CC1(C)C(O)C(C)(C)[C@H]2C=C[C@@H]1O2. The fraction of sp³-hybridized carbons (Fsp3) is 0.818. The van der Waals surface area contributed by atoms with Gasteiger partial charge in [0.05, 0.1) is 18.3 Å². The third-order valence-electron chi connectivity index (χ3n) is 3.63. The topological polar surface area (TPSA) is 29.5 Å². The normalized spacial score (nSPS) is 45.2. The number of hydrogen-bond acceptors (Lipinski definition) is 2. The maximum absolute atomic E-state index is 10.2. The molecule has 0 spiro atoms. The van der Waals surface area contributed by atoms with Gasteiger partial charge >= 0.3 is 0 Å². The van der Waals surface area contributed by atoms with Crippen LogP contribution in [0.2, 0.25) is 0 Å². The van der Waals surface area contributed by atoms with Crippen molar-refractivity contribution >= 4 is 0 Å². The first kappa shape index (κ1) is 9.22. The second-order valence-electron chi connectivity index (χ2n) is 5.41. The molecule has 0 aliphatic carbocycles. The van der Waals surface area contributed by atoms with Crippen molar-refractivity contribution in [3.8, 4) is 0 Å². The predicted molar refractivity (Wildman–Crippen MR) is 51.4 cm³/mol. The minimum absolute atomic E-state index is 0.0838. The average molecular weight is 182 g/mol. The van der Waals surface area contributed by atoms with Crippen molar-refractivity contribution in [1.82, 2.24) is 0 Å². The standard InChI is InChI=1S/C11H18O2/c1-10(2)7-5-6-8(13-7)11(3,4)9(10)12/h5-9,12H,1-4H3/t7-,8+,9?. The predicted octanol–water partition coefficient (Wildman–Crippen LogP) is 1.74. The van der Waals surface area contributed by atoms with E-state index >= 15 is 0 Å². The number of hydrogen-bond donors (Lipinski definition) is 1. The maximum Gasteiger partial charge on any atom is 0.0840 e. The Kier molecular flexibility index (Phi) is 1.68. The lowest BCUT2D eigenvalue weighted by Crippen LogP contribution is -2.56. The lowest BCUT2D eigenvalue weighted by molar-refractivity contribution is -0.199. The van der Waals surface area contributed by atoms with E-state index in [0.717, 1.165) is 0 Å². The molecular formula is C11H18O2. The fourth-order valence-corrected chi connectivity index (χ4v) is 2.57. The van der Waals surface area contributed by atoms with Crippen molar-refractivity contribution in [2.45, 2.75) is 46.0 Å². The molecule has 3 atom stereocenters. The van der Waals surface area contributed by atoms with E-state index in [1.54, 1.807) is 0 Å². The van der Waals surface area contributed by atoms with Gasteiger partial charge in [0.15, 0.2) is 0 Å². The first-order chi connectivity index (χ1) is 5.87. The lowest BCUT2D eigenvalue weighted by atomic mass is 9.66. The highest BCUT2D eigenvalue weighted by Gasteiger charge is 2.55. The molecule has 2 aliphatic rings. The molecule has 2 heterocycles.